The largest absolute Gasteiger partial charge is 0.306 e. The van der Waals surface area contributed by atoms with Crippen LogP contribution >= 0.6 is 50.5 Å². The van der Waals surface area contributed by atoms with E-state index in [2.05, 4.69) is 28.2 Å². The quantitative estimate of drug-likeness (QED) is 0.607. The number of hydrogen-bond acceptors (Lipinski definition) is 2. The normalized spacial score (nSPS) is 12.7. The predicted octanol–water partition coefficient (Wildman–Crippen LogP) is 6.05. The summed E-state index contributed by atoms with van der Waals surface area (Å²) in [4.78, 5) is 0.973. The summed E-state index contributed by atoms with van der Waals surface area (Å²) in [5.74, 6) is -0.292. The molecule has 0 bridgehead atoms. The number of rotatable bonds is 5. The van der Waals surface area contributed by atoms with Gasteiger partial charge in [-0.15, -0.1) is 11.3 Å². The zero-order chi connectivity index (χ0) is 14.7. The molecule has 20 heavy (non-hydrogen) atoms. The maximum absolute atomic E-state index is 14.2. The Hall–Kier alpha value is -0.130. The van der Waals surface area contributed by atoms with Gasteiger partial charge in [0.15, 0.2) is 0 Å². The van der Waals surface area contributed by atoms with Crippen LogP contribution in [0.1, 0.15) is 29.8 Å². The molecule has 1 aromatic carbocycles. The molecule has 1 heterocycles. The molecule has 1 nitrogen and oxygen atoms in total. The molecule has 0 radical (unpaired) electrons. The van der Waals surface area contributed by atoms with Crippen molar-refractivity contribution in [3.05, 3.63) is 54.4 Å². The van der Waals surface area contributed by atoms with Crippen molar-refractivity contribution in [1.29, 1.82) is 0 Å². The molecule has 6 heteroatoms. The van der Waals surface area contributed by atoms with E-state index in [0.29, 0.717) is 19.4 Å². The molecular formula is C14H13BrCl2FNS. The summed E-state index contributed by atoms with van der Waals surface area (Å²) >= 11 is 16.8. The van der Waals surface area contributed by atoms with E-state index < -0.39 is 0 Å². The van der Waals surface area contributed by atoms with E-state index in [1.807, 2.05) is 12.1 Å². The van der Waals surface area contributed by atoms with Gasteiger partial charge in [0.05, 0.1) is 15.4 Å². The van der Waals surface area contributed by atoms with Crippen molar-refractivity contribution in [2.75, 3.05) is 6.54 Å². The van der Waals surface area contributed by atoms with Crippen LogP contribution in [0.15, 0.2) is 28.7 Å². The Bertz CT molecular complexity index is 603. The minimum atomic E-state index is -0.292. The van der Waals surface area contributed by atoms with Gasteiger partial charge < -0.3 is 5.32 Å². The van der Waals surface area contributed by atoms with Crippen LogP contribution in [0, 0.1) is 5.82 Å². The van der Waals surface area contributed by atoms with E-state index in [9.17, 15) is 4.39 Å². The third-order valence-electron chi connectivity index (χ3n) is 2.83. The highest BCUT2D eigenvalue weighted by molar-refractivity contribution is 9.10. The first-order chi connectivity index (χ1) is 9.52. The van der Waals surface area contributed by atoms with Crippen molar-refractivity contribution in [1.82, 2.24) is 5.32 Å². The van der Waals surface area contributed by atoms with Gasteiger partial charge in [-0.05, 0) is 53.2 Å². The van der Waals surface area contributed by atoms with Crippen molar-refractivity contribution >= 4 is 50.5 Å². The summed E-state index contributed by atoms with van der Waals surface area (Å²) < 4.78 is 15.5. The Labute approximate surface area is 140 Å². The van der Waals surface area contributed by atoms with Crippen LogP contribution in [-0.2, 0) is 0 Å². The third-order valence-corrected chi connectivity index (χ3v) is 5.32. The molecule has 1 N–H and O–H groups in total. The second-order valence-electron chi connectivity index (χ2n) is 4.32. The maximum Gasteiger partial charge on any atom is 0.129 e. The Morgan fingerprint density at radius 2 is 2.10 bits per heavy atom. The van der Waals surface area contributed by atoms with Crippen molar-refractivity contribution in [2.24, 2.45) is 0 Å². The smallest absolute Gasteiger partial charge is 0.129 e. The fourth-order valence-electron chi connectivity index (χ4n) is 1.90. The molecule has 2 aromatic rings. The zero-order valence-electron chi connectivity index (χ0n) is 10.7. The Morgan fingerprint density at radius 3 is 2.70 bits per heavy atom. The molecule has 108 valence electrons. The van der Waals surface area contributed by atoms with Gasteiger partial charge in [0, 0.05) is 14.9 Å². The third kappa shape index (κ3) is 3.74. The van der Waals surface area contributed by atoms with E-state index in [4.69, 9.17) is 23.2 Å². The predicted molar refractivity (Wildman–Crippen MR) is 88.6 cm³/mol. The lowest BCUT2D eigenvalue weighted by Crippen LogP contribution is -2.23. The Kier molecular flexibility index (Phi) is 5.87. The maximum atomic E-state index is 14.2. The monoisotopic (exact) mass is 395 g/mol. The standard InChI is InChI=1S/C14H13BrCl2FNS/c1-2-5-19-14(12-3-4-13(17)20-12)8-6-10(16)9(15)7-11(8)18/h3-4,6-7,14,19H,2,5H2,1H3. The Morgan fingerprint density at radius 1 is 1.35 bits per heavy atom. The lowest BCUT2D eigenvalue weighted by atomic mass is 10.0. The van der Waals surface area contributed by atoms with Crippen LogP contribution in [0.2, 0.25) is 9.36 Å². The van der Waals surface area contributed by atoms with Crippen LogP contribution in [0.5, 0.6) is 0 Å². The molecular weight excluding hydrogens is 384 g/mol. The van der Waals surface area contributed by atoms with Crippen LogP contribution in [0.25, 0.3) is 0 Å². The fourth-order valence-corrected chi connectivity index (χ4v) is 3.54. The topological polar surface area (TPSA) is 12.0 Å². The van der Waals surface area contributed by atoms with Gasteiger partial charge in [-0.1, -0.05) is 30.1 Å². The molecule has 1 atom stereocenters. The molecule has 0 aliphatic carbocycles. The summed E-state index contributed by atoms with van der Waals surface area (Å²) in [6.07, 6.45) is 0.960. The lowest BCUT2D eigenvalue weighted by Gasteiger charge is -2.19. The summed E-state index contributed by atoms with van der Waals surface area (Å²) in [6.45, 7) is 2.85. The highest BCUT2D eigenvalue weighted by atomic mass is 79.9. The van der Waals surface area contributed by atoms with Crippen LogP contribution in [-0.4, -0.2) is 6.54 Å². The molecule has 0 fully saturated rings. The molecule has 1 aromatic heterocycles. The Balaban J connectivity index is 2.43. The van der Waals surface area contributed by atoms with Gasteiger partial charge in [-0.3, -0.25) is 0 Å². The van der Waals surface area contributed by atoms with Gasteiger partial charge in [0.25, 0.3) is 0 Å². The molecule has 0 spiro atoms. The van der Waals surface area contributed by atoms with Gasteiger partial charge >= 0.3 is 0 Å². The van der Waals surface area contributed by atoms with E-state index in [1.165, 1.54) is 17.4 Å². The summed E-state index contributed by atoms with van der Waals surface area (Å²) in [6, 6.07) is 6.55. The molecule has 0 aliphatic rings. The number of hydrogen-bond donors (Lipinski definition) is 1. The molecule has 1 unspecified atom stereocenters. The minimum Gasteiger partial charge on any atom is -0.306 e. The van der Waals surface area contributed by atoms with Crippen LogP contribution in [0.3, 0.4) is 0 Å². The van der Waals surface area contributed by atoms with Gasteiger partial charge in [0.2, 0.25) is 0 Å². The first-order valence-electron chi connectivity index (χ1n) is 6.16. The second-order valence-corrected chi connectivity index (χ2v) is 7.33. The van der Waals surface area contributed by atoms with E-state index in [1.54, 1.807) is 6.07 Å². The van der Waals surface area contributed by atoms with Crippen LogP contribution in [0.4, 0.5) is 4.39 Å². The van der Waals surface area contributed by atoms with Gasteiger partial charge in [-0.25, -0.2) is 4.39 Å². The second kappa shape index (κ2) is 7.23. The number of halogens is 4. The van der Waals surface area contributed by atoms with Gasteiger partial charge in [0.1, 0.15) is 5.82 Å². The molecule has 0 saturated heterocycles. The average Bonchev–Trinajstić information content (AvgIpc) is 2.82. The first kappa shape index (κ1) is 16.2. The zero-order valence-corrected chi connectivity index (χ0v) is 14.6. The van der Waals surface area contributed by atoms with Crippen molar-refractivity contribution in [3.63, 3.8) is 0 Å². The highest BCUT2D eigenvalue weighted by Gasteiger charge is 2.20. The number of benzene rings is 1. The first-order valence-corrected chi connectivity index (χ1v) is 8.52. The highest BCUT2D eigenvalue weighted by Crippen LogP contribution is 2.35. The lowest BCUT2D eigenvalue weighted by molar-refractivity contribution is 0.550. The number of thiophene rings is 1. The fraction of sp³-hybridized carbons (Fsp3) is 0.286. The van der Waals surface area contributed by atoms with E-state index in [0.717, 1.165) is 17.8 Å². The average molecular weight is 397 g/mol. The molecule has 0 aliphatic heterocycles. The van der Waals surface area contributed by atoms with Crippen molar-refractivity contribution in [2.45, 2.75) is 19.4 Å². The SMILES string of the molecule is CCCNC(c1ccc(Cl)s1)c1cc(Cl)c(Br)cc1F. The number of nitrogens with one attached hydrogen (secondary N) is 1. The van der Waals surface area contributed by atoms with Crippen molar-refractivity contribution in [3.8, 4) is 0 Å². The van der Waals surface area contributed by atoms with Gasteiger partial charge in [-0.2, -0.15) is 0 Å². The summed E-state index contributed by atoms with van der Waals surface area (Å²) in [7, 11) is 0. The van der Waals surface area contributed by atoms with E-state index in [-0.39, 0.29) is 11.9 Å². The molecule has 0 amide bonds. The molecule has 0 saturated carbocycles. The molecule has 2 rings (SSSR count). The van der Waals surface area contributed by atoms with Crippen molar-refractivity contribution < 1.29 is 4.39 Å². The van der Waals surface area contributed by atoms with E-state index >= 15 is 0 Å². The minimum absolute atomic E-state index is 0.238. The summed E-state index contributed by atoms with van der Waals surface area (Å²) in [5.41, 5.74) is 0.533. The summed E-state index contributed by atoms with van der Waals surface area (Å²) in [5, 5.41) is 3.83. The van der Waals surface area contributed by atoms with Crippen LogP contribution < -0.4 is 5.32 Å².